The van der Waals surface area contributed by atoms with Crippen LogP contribution >= 0.6 is 11.6 Å². The standard InChI is InChI=1S/C14H17ClN4O4S/c1-9-17-13(23-18-9)4-3-7-16-14(20)10-5-6-11(15)12(8-10)19-24(2,21)22/h5-6,8,19H,3-4,7H2,1-2H3,(H,16,20). The third-order valence-corrected chi connectivity index (χ3v) is 3.87. The lowest BCUT2D eigenvalue weighted by molar-refractivity contribution is 0.0953. The molecule has 130 valence electrons. The molecule has 0 saturated carbocycles. The molecule has 0 aliphatic rings. The summed E-state index contributed by atoms with van der Waals surface area (Å²) < 4.78 is 29.8. The number of anilines is 1. The number of rotatable bonds is 7. The normalized spacial score (nSPS) is 11.3. The molecule has 0 spiro atoms. The van der Waals surface area contributed by atoms with Gasteiger partial charge in [-0.15, -0.1) is 0 Å². The van der Waals surface area contributed by atoms with Crippen molar-refractivity contribution in [2.45, 2.75) is 19.8 Å². The molecular formula is C14H17ClN4O4S. The zero-order valence-electron chi connectivity index (χ0n) is 13.2. The number of aryl methyl sites for hydroxylation is 2. The van der Waals surface area contributed by atoms with Gasteiger partial charge >= 0.3 is 0 Å². The Balaban J connectivity index is 1.91. The Hall–Kier alpha value is -2.13. The molecule has 1 amide bonds. The summed E-state index contributed by atoms with van der Waals surface area (Å²) in [5.41, 5.74) is 0.465. The van der Waals surface area contributed by atoms with Crippen LogP contribution in [0.2, 0.25) is 5.02 Å². The van der Waals surface area contributed by atoms with Gasteiger partial charge in [0.05, 0.1) is 17.0 Å². The highest BCUT2D eigenvalue weighted by Gasteiger charge is 2.11. The summed E-state index contributed by atoms with van der Waals surface area (Å²) in [5.74, 6) is 0.763. The molecule has 8 nitrogen and oxygen atoms in total. The average molecular weight is 373 g/mol. The van der Waals surface area contributed by atoms with Gasteiger partial charge < -0.3 is 9.84 Å². The van der Waals surface area contributed by atoms with E-state index in [4.69, 9.17) is 16.1 Å². The quantitative estimate of drug-likeness (QED) is 0.716. The Kier molecular flexibility index (Phi) is 5.79. The van der Waals surface area contributed by atoms with Gasteiger partial charge in [-0.25, -0.2) is 8.42 Å². The van der Waals surface area contributed by atoms with Crippen LogP contribution in [0.15, 0.2) is 22.7 Å². The molecule has 0 unspecified atom stereocenters. The molecule has 1 aromatic heterocycles. The molecule has 10 heteroatoms. The summed E-state index contributed by atoms with van der Waals surface area (Å²) in [6, 6.07) is 4.37. The van der Waals surface area contributed by atoms with Crippen molar-refractivity contribution in [1.29, 1.82) is 0 Å². The smallest absolute Gasteiger partial charge is 0.251 e. The van der Waals surface area contributed by atoms with Crippen molar-refractivity contribution in [1.82, 2.24) is 15.5 Å². The van der Waals surface area contributed by atoms with E-state index in [2.05, 4.69) is 20.2 Å². The van der Waals surface area contributed by atoms with E-state index in [1.54, 1.807) is 6.92 Å². The number of aromatic nitrogens is 2. The molecule has 0 radical (unpaired) electrons. The first kappa shape index (κ1) is 18.2. The Morgan fingerprint density at radius 1 is 1.38 bits per heavy atom. The van der Waals surface area contributed by atoms with Crippen LogP contribution in [0.4, 0.5) is 5.69 Å². The van der Waals surface area contributed by atoms with Crippen molar-refractivity contribution in [3.05, 3.63) is 40.5 Å². The highest BCUT2D eigenvalue weighted by molar-refractivity contribution is 7.92. The van der Waals surface area contributed by atoms with Crippen molar-refractivity contribution >= 4 is 33.2 Å². The van der Waals surface area contributed by atoms with Crippen LogP contribution in [0.25, 0.3) is 0 Å². The second-order valence-corrected chi connectivity index (χ2v) is 7.32. The molecule has 0 bridgehead atoms. The SMILES string of the molecule is Cc1noc(CCCNC(=O)c2ccc(Cl)c(NS(C)(=O)=O)c2)n1. The highest BCUT2D eigenvalue weighted by Crippen LogP contribution is 2.23. The number of sulfonamides is 1. The summed E-state index contributed by atoms with van der Waals surface area (Å²) in [6.45, 7) is 2.15. The van der Waals surface area contributed by atoms with Gasteiger partial charge in [-0.1, -0.05) is 16.8 Å². The molecule has 0 atom stereocenters. The van der Waals surface area contributed by atoms with Gasteiger partial charge in [-0.05, 0) is 31.5 Å². The average Bonchev–Trinajstić information content (AvgIpc) is 2.90. The summed E-state index contributed by atoms with van der Waals surface area (Å²) in [4.78, 5) is 16.2. The van der Waals surface area contributed by atoms with Gasteiger partial charge in [-0.2, -0.15) is 4.98 Å². The van der Waals surface area contributed by atoms with E-state index < -0.39 is 10.0 Å². The zero-order chi connectivity index (χ0) is 17.7. The fourth-order valence-electron chi connectivity index (χ4n) is 1.93. The molecule has 2 aromatic rings. The van der Waals surface area contributed by atoms with Crippen LogP contribution in [-0.4, -0.2) is 37.3 Å². The van der Waals surface area contributed by atoms with Crippen LogP contribution in [-0.2, 0) is 16.4 Å². The van der Waals surface area contributed by atoms with E-state index >= 15 is 0 Å². The van der Waals surface area contributed by atoms with Gasteiger partial charge in [0.2, 0.25) is 15.9 Å². The van der Waals surface area contributed by atoms with E-state index in [-0.39, 0.29) is 16.6 Å². The van der Waals surface area contributed by atoms with Crippen LogP contribution < -0.4 is 10.0 Å². The van der Waals surface area contributed by atoms with Crippen molar-refractivity contribution in [3.63, 3.8) is 0 Å². The number of nitrogens with one attached hydrogen (secondary N) is 2. The fraction of sp³-hybridized carbons (Fsp3) is 0.357. The van der Waals surface area contributed by atoms with Crippen molar-refractivity contribution < 1.29 is 17.7 Å². The van der Waals surface area contributed by atoms with E-state index in [0.717, 1.165) is 6.26 Å². The van der Waals surface area contributed by atoms with Crippen LogP contribution in [0.3, 0.4) is 0 Å². The first-order chi connectivity index (χ1) is 11.2. The molecule has 0 saturated heterocycles. The maximum Gasteiger partial charge on any atom is 0.251 e. The summed E-state index contributed by atoms with van der Waals surface area (Å²) >= 11 is 5.92. The van der Waals surface area contributed by atoms with Gasteiger partial charge in [0.25, 0.3) is 5.91 Å². The van der Waals surface area contributed by atoms with Gasteiger partial charge in [0.15, 0.2) is 5.82 Å². The second-order valence-electron chi connectivity index (χ2n) is 5.16. The monoisotopic (exact) mass is 372 g/mol. The van der Waals surface area contributed by atoms with E-state index in [9.17, 15) is 13.2 Å². The number of hydrogen-bond acceptors (Lipinski definition) is 6. The van der Waals surface area contributed by atoms with E-state index in [1.807, 2.05) is 0 Å². The predicted molar refractivity (Wildman–Crippen MR) is 89.6 cm³/mol. The van der Waals surface area contributed by atoms with Crippen LogP contribution in [0.1, 0.15) is 28.5 Å². The number of halogens is 1. The number of benzene rings is 1. The number of carbonyl (C=O) groups is 1. The van der Waals surface area contributed by atoms with Crippen LogP contribution in [0, 0.1) is 6.92 Å². The van der Waals surface area contributed by atoms with Crippen molar-refractivity contribution in [2.75, 3.05) is 17.5 Å². The molecular weight excluding hydrogens is 356 g/mol. The summed E-state index contributed by atoms with van der Waals surface area (Å²) in [7, 11) is -3.48. The van der Waals surface area contributed by atoms with Gasteiger partial charge in [0.1, 0.15) is 0 Å². The van der Waals surface area contributed by atoms with Crippen LogP contribution in [0.5, 0.6) is 0 Å². The molecule has 0 fully saturated rings. The molecule has 24 heavy (non-hydrogen) atoms. The Bertz CT molecular complexity index is 835. The van der Waals surface area contributed by atoms with Crippen molar-refractivity contribution in [3.8, 4) is 0 Å². The highest BCUT2D eigenvalue weighted by atomic mass is 35.5. The minimum atomic E-state index is -3.48. The number of amides is 1. The molecule has 0 aliphatic carbocycles. The minimum absolute atomic E-state index is 0.160. The van der Waals surface area contributed by atoms with Gasteiger partial charge in [0, 0.05) is 18.5 Å². The fourth-order valence-corrected chi connectivity index (χ4v) is 2.72. The predicted octanol–water partition coefficient (Wildman–Crippen LogP) is 1.77. The lowest BCUT2D eigenvalue weighted by Crippen LogP contribution is -2.25. The maximum absolute atomic E-state index is 12.1. The second kappa shape index (κ2) is 7.63. The Morgan fingerprint density at radius 3 is 2.75 bits per heavy atom. The third kappa shape index (κ3) is 5.50. The molecule has 1 aromatic carbocycles. The van der Waals surface area contributed by atoms with E-state index in [0.29, 0.717) is 36.7 Å². The number of carbonyl (C=O) groups excluding carboxylic acids is 1. The lowest BCUT2D eigenvalue weighted by atomic mass is 10.2. The number of hydrogen-bond donors (Lipinski definition) is 2. The number of nitrogens with zero attached hydrogens (tertiary/aromatic N) is 2. The molecule has 2 N–H and O–H groups in total. The molecule has 1 heterocycles. The van der Waals surface area contributed by atoms with E-state index in [1.165, 1.54) is 18.2 Å². The van der Waals surface area contributed by atoms with Crippen molar-refractivity contribution in [2.24, 2.45) is 0 Å². The zero-order valence-corrected chi connectivity index (χ0v) is 14.7. The minimum Gasteiger partial charge on any atom is -0.352 e. The third-order valence-electron chi connectivity index (χ3n) is 2.95. The Morgan fingerprint density at radius 2 is 2.12 bits per heavy atom. The molecule has 2 rings (SSSR count). The maximum atomic E-state index is 12.1. The van der Waals surface area contributed by atoms with Gasteiger partial charge in [-0.3, -0.25) is 9.52 Å². The summed E-state index contributed by atoms with van der Waals surface area (Å²) in [6.07, 6.45) is 2.20. The topological polar surface area (TPSA) is 114 Å². The Labute approximate surface area is 144 Å². The lowest BCUT2D eigenvalue weighted by Gasteiger charge is -2.09. The molecule has 0 aliphatic heterocycles. The first-order valence-corrected chi connectivity index (χ1v) is 9.36. The summed E-state index contributed by atoms with van der Waals surface area (Å²) in [5, 5.41) is 6.63. The largest absolute Gasteiger partial charge is 0.352 e. The first-order valence-electron chi connectivity index (χ1n) is 7.09.